The van der Waals surface area contributed by atoms with Crippen molar-refractivity contribution < 1.29 is 18.7 Å². The number of carboxylic acids is 1. The number of halogens is 4. The third-order valence-electron chi connectivity index (χ3n) is 1.96. The monoisotopic (exact) mass is 361 g/mol. The van der Waals surface area contributed by atoms with Crippen molar-refractivity contribution in [1.82, 2.24) is 4.98 Å². The molecule has 3 nitrogen and oxygen atoms in total. The van der Waals surface area contributed by atoms with Crippen molar-refractivity contribution in [3.8, 4) is 0 Å². The van der Waals surface area contributed by atoms with Crippen LogP contribution in [0.15, 0.2) is 6.20 Å². The molecule has 0 saturated heterocycles. The molecular formula is C9H7ClF2INO2. The molecular weight excluding hydrogens is 354 g/mol. The highest BCUT2D eigenvalue weighted by atomic mass is 127. The van der Waals surface area contributed by atoms with E-state index in [1.165, 1.54) is 6.20 Å². The van der Waals surface area contributed by atoms with Crippen molar-refractivity contribution in [2.45, 2.75) is 18.7 Å². The van der Waals surface area contributed by atoms with Crippen molar-refractivity contribution in [1.29, 1.82) is 0 Å². The molecule has 0 aliphatic carbocycles. The topological polar surface area (TPSA) is 50.2 Å². The van der Waals surface area contributed by atoms with Crippen LogP contribution in [-0.4, -0.2) is 16.1 Å². The van der Waals surface area contributed by atoms with Crippen molar-refractivity contribution in [3.05, 3.63) is 26.6 Å². The lowest BCUT2D eigenvalue weighted by Gasteiger charge is -2.12. The zero-order valence-electron chi connectivity index (χ0n) is 7.88. The van der Waals surface area contributed by atoms with E-state index in [0.29, 0.717) is 0 Å². The van der Waals surface area contributed by atoms with E-state index in [4.69, 9.17) is 16.7 Å². The van der Waals surface area contributed by atoms with E-state index in [0.717, 1.165) is 0 Å². The summed E-state index contributed by atoms with van der Waals surface area (Å²) in [5.41, 5.74) is 0.131. The molecule has 1 rings (SSSR count). The first kappa shape index (κ1) is 13.6. The van der Waals surface area contributed by atoms with Crippen LogP contribution in [0.2, 0.25) is 0 Å². The van der Waals surface area contributed by atoms with E-state index in [2.05, 4.69) is 4.98 Å². The molecule has 1 heterocycles. The lowest BCUT2D eigenvalue weighted by molar-refractivity contribution is -0.136. The Hall–Kier alpha value is -0.500. The zero-order valence-corrected chi connectivity index (χ0v) is 10.8. The molecule has 0 aromatic carbocycles. The van der Waals surface area contributed by atoms with Gasteiger partial charge in [-0.25, -0.2) is 13.8 Å². The van der Waals surface area contributed by atoms with Crippen LogP contribution in [0, 0.1) is 3.70 Å². The second kappa shape index (κ2) is 5.72. The molecule has 0 aliphatic rings. The van der Waals surface area contributed by atoms with Crippen molar-refractivity contribution in [3.63, 3.8) is 0 Å². The quantitative estimate of drug-likeness (QED) is 0.510. The standard InChI is InChI=1S/C9H7ClF2INO2/c10-2-5-4(1-6(15)16)3-14-9(13)7(5)8(11)12/h3,8H,1-2H2,(H,15,16). The Kier molecular flexibility index (Phi) is 4.85. The van der Waals surface area contributed by atoms with Gasteiger partial charge in [0.1, 0.15) is 3.70 Å². The predicted octanol–water partition coefficient (Wildman–Crippen LogP) is 2.99. The Morgan fingerprint density at radius 2 is 2.25 bits per heavy atom. The predicted molar refractivity (Wildman–Crippen MR) is 62.8 cm³/mol. The summed E-state index contributed by atoms with van der Waals surface area (Å²) in [5.74, 6) is -1.25. The fourth-order valence-corrected chi connectivity index (χ4v) is 2.29. The highest BCUT2D eigenvalue weighted by molar-refractivity contribution is 14.1. The van der Waals surface area contributed by atoms with Crippen LogP contribution < -0.4 is 0 Å². The van der Waals surface area contributed by atoms with Crippen LogP contribution in [0.3, 0.4) is 0 Å². The first-order valence-electron chi connectivity index (χ1n) is 4.19. The zero-order chi connectivity index (χ0) is 12.3. The lowest BCUT2D eigenvalue weighted by atomic mass is 10.0. The SMILES string of the molecule is O=C(O)Cc1cnc(I)c(C(F)F)c1CCl. The van der Waals surface area contributed by atoms with Crippen LogP contribution in [0.4, 0.5) is 8.78 Å². The second-order valence-electron chi connectivity index (χ2n) is 2.97. The Morgan fingerprint density at radius 1 is 1.62 bits per heavy atom. The molecule has 0 radical (unpaired) electrons. The van der Waals surface area contributed by atoms with Gasteiger partial charge in [0, 0.05) is 12.1 Å². The van der Waals surface area contributed by atoms with Gasteiger partial charge >= 0.3 is 5.97 Å². The molecule has 0 saturated carbocycles. The first-order valence-corrected chi connectivity index (χ1v) is 5.80. The Balaban J connectivity index is 3.30. The molecule has 0 spiro atoms. The average Bonchev–Trinajstić information content (AvgIpc) is 2.18. The maximum absolute atomic E-state index is 12.7. The van der Waals surface area contributed by atoms with Crippen molar-refractivity contribution >= 4 is 40.2 Å². The van der Waals surface area contributed by atoms with Gasteiger partial charge in [-0.05, 0) is 33.7 Å². The van der Waals surface area contributed by atoms with Gasteiger partial charge in [0.15, 0.2) is 0 Å². The van der Waals surface area contributed by atoms with E-state index in [-0.39, 0.29) is 32.7 Å². The van der Waals surface area contributed by atoms with Gasteiger partial charge in [0.2, 0.25) is 0 Å². The minimum atomic E-state index is -2.71. The van der Waals surface area contributed by atoms with E-state index in [1.54, 1.807) is 22.6 Å². The Morgan fingerprint density at radius 3 is 2.69 bits per heavy atom. The molecule has 0 unspecified atom stereocenters. The van der Waals surface area contributed by atoms with Crippen molar-refractivity contribution in [2.75, 3.05) is 0 Å². The Bertz CT molecular complexity index is 415. The maximum atomic E-state index is 12.7. The fraction of sp³-hybridized carbons (Fsp3) is 0.333. The lowest BCUT2D eigenvalue weighted by Crippen LogP contribution is -2.08. The summed E-state index contributed by atoms with van der Waals surface area (Å²) in [4.78, 5) is 14.3. The molecule has 1 N–H and O–H groups in total. The molecule has 0 bridgehead atoms. The normalized spacial score (nSPS) is 10.8. The highest BCUT2D eigenvalue weighted by Crippen LogP contribution is 2.30. The number of nitrogens with zero attached hydrogens (tertiary/aromatic N) is 1. The van der Waals surface area contributed by atoms with Gasteiger partial charge in [-0.3, -0.25) is 4.79 Å². The van der Waals surface area contributed by atoms with Gasteiger partial charge < -0.3 is 5.11 Å². The second-order valence-corrected chi connectivity index (χ2v) is 4.26. The van der Waals surface area contributed by atoms with Crippen LogP contribution in [0.1, 0.15) is 23.1 Å². The summed E-state index contributed by atoms with van der Waals surface area (Å²) >= 11 is 7.26. The van der Waals surface area contributed by atoms with Gasteiger partial charge in [0.25, 0.3) is 6.43 Å². The molecule has 1 aromatic heterocycles. The minimum absolute atomic E-state index is 0.150. The molecule has 88 valence electrons. The third kappa shape index (κ3) is 3.00. The molecule has 0 fully saturated rings. The number of aliphatic carboxylic acids is 1. The van der Waals surface area contributed by atoms with E-state index >= 15 is 0 Å². The number of hydrogen-bond donors (Lipinski definition) is 1. The number of alkyl halides is 3. The summed E-state index contributed by atoms with van der Waals surface area (Å²) in [6.07, 6.45) is -1.78. The largest absolute Gasteiger partial charge is 0.481 e. The molecule has 0 atom stereocenters. The van der Waals surface area contributed by atoms with Gasteiger partial charge in [-0.2, -0.15) is 0 Å². The summed E-state index contributed by atoms with van der Waals surface area (Å²) < 4.78 is 25.6. The Labute approximate surface area is 109 Å². The summed E-state index contributed by atoms with van der Waals surface area (Å²) in [7, 11) is 0. The molecule has 0 amide bonds. The highest BCUT2D eigenvalue weighted by Gasteiger charge is 2.21. The fourth-order valence-electron chi connectivity index (χ4n) is 1.27. The van der Waals surface area contributed by atoms with Crippen LogP contribution in [0.25, 0.3) is 0 Å². The van der Waals surface area contributed by atoms with E-state index in [1.807, 2.05) is 0 Å². The van der Waals surface area contributed by atoms with Crippen LogP contribution >= 0.6 is 34.2 Å². The molecule has 1 aromatic rings. The molecule has 0 aliphatic heterocycles. The summed E-state index contributed by atoms with van der Waals surface area (Å²) in [6, 6.07) is 0. The first-order chi connectivity index (χ1) is 7.47. The number of aromatic nitrogens is 1. The van der Waals surface area contributed by atoms with E-state index < -0.39 is 12.4 Å². The minimum Gasteiger partial charge on any atom is -0.481 e. The van der Waals surface area contributed by atoms with Crippen LogP contribution in [-0.2, 0) is 17.1 Å². The number of hydrogen-bond acceptors (Lipinski definition) is 2. The van der Waals surface area contributed by atoms with Gasteiger partial charge in [-0.1, -0.05) is 0 Å². The summed E-state index contributed by atoms with van der Waals surface area (Å²) in [5, 5.41) is 8.63. The molecule has 7 heteroatoms. The van der Waals surface area contributed by atoms with Gasteiger partial charge in [-0.15, -0.1) is 11.6 Å². The summed E-state index contributed by atoms with van der Waals surface area (Å²) in [6.45, 7) is 0. The average molecular weight is 362 g/mol. The molecule has 16 heavy (non-hydrogen) atoms. The number of pyridine rings is 1. The van der Waals surface area contributed by atoms with Gasteiger partial charge in [0.05, 0.1) is 12.0 Å². The number of rotatable bonds is 4. The maximum Gasteiger partial charge on any atom is 0.307 e. The van der Waals surface area contributed by atoms with Crippen LogP contribution in [0.5, 0.6) is 0 Å². The number of carboxylic acid groups (broad SMARTS) is 1. The van der Waals surface area contributed by atoms with E-state index in [9.17, 15) is 13.6 Å². The third-order valence-corrected chi connectivity index (χ3v) is 3.09. The number of carbonyl (C=O) groups is 1. The smallest absolute Gasteiger partial charge is 0.307 e. The van der Waals surface area contributed by atoms with Crippen molar-refractivity contribution in [2.24, 2.45) is 0 Å².